The molecular weight excluding hydrogens is 339 g/mol. The Labute approximate surface area is 149 Å². The SMILES string of the molecule is O=C(/C=C/c1ccc(F)cc1)NNC(=O)c1cc2c(s1)CCCCC2. The number of carbonyl (C=O) groups excluding carboxylic acids is 2. The molecule has 1 aliphatic carbocycles. The molecule has 0 atom stereocenters. The number of carbonyl (C=O) groups is 2. The Kier molecular flexibility index (Phi) is 5.60. The van der Waals surface area contributed by atoms with Crippen LogP contribution in [-0.2, 0) is 17.6 Å². The number of rotatable bonds is 3. The summed E-state index contributed by atoms with van der Waals surface area (Å²) >= 11 is 1.50. The summed E-state index contributed by atoms with van der Waals surface area (Å²) in [5, 5.41) is 0. The normalized spacial score (nSPS) is 14.0. The minimum absolute atomic E-state index is 0.304. The van der Waals surface area contributed by atoms with Crippen LogP contribution in [0.1, 0.15) is 44.9 Å². The molecular formula is C19H19FN2O2S. The van der Waals surface area contributed by atoms with Gasteiger partial charge in [-0.3, -0.25) is 20.4 Å². The monoisotopic (exact) mass is 358 g/mol. The maximum absolute atomic E-state index is 12.8. The van der Waals surface area contributed by atoms with Crippen LogP contribution < -0.4 is 10.9 Å². The van der Waals surface area contributed by atoms with Gasteiger partial charge in [-0.1, -0.05) is 18.6 Å². The summed E-state index contributed by atoms with van der Waals surface area (Å²) in [7, 11) is 0. The minimum Gasteiger partial charge on any atom is -0.268 e. The van der Waals surface area contributed by atoms with Gasteiger partial charge in [0.15, 0.2) is 0 Å². The van der Waals surface area contributed by atoms with E-state index in [1.807, 2.05) is 6.07 Å². The second kappa shape index (κ2) is 8.07. The average molecular weight is 358 g/mol. The van der Waals surface area contributed by atoms with Gasteiger partial charge >= 0.3 is 0 Å². The third kappa shape index (κ3) is 4.76. The van der Waals surface area contributed by atoms with Gasteiger partial charge in [-0.15, -0.1) is 11.3 Å². The third-order valence-electron chi connectivity index (χ3n) is 4.07. The van der Waals surface area contributed by atoms with Gasteiger partial charge < -0.3 is 0 Å². The highest BCUT2D eigenvalue weighted by atomic mass is 32.1. The summed E-state index contributed by atoms with van der Waals surface area (Å²) in [5.74, 6) is -1.08. The van der Waals surface area contributed by atoms with Crippen LogP contribution in [0.5, 0.6) is 0 Å². The number of halogens is 1. The van der Waals surface area contributed by atoms with Crippen LogP contribution in [0.4, 0.5) is 4.39 Å². The first kappa shape index (κ1) is 17.4. The van der Waals surface area contributed by atoms with Crippen molar-refractivity contribution in [1.29, 1.82) is 0 Å². The van der Waals surface area contributed by atoms with E-state index in [1.165, 1.54) is 52.8 Å². The van der Waals surface area contributed by atoms with E-state index in [-0.39, 0.29) is 11.7 Å². The van der Waals surface area contributed by atoms with Crippen molar-refractivity contribution in [3.63, 3.8) is 0 Å². The van der Waals surface area contributed by atoms with Crippen LogP contribution in [0.15, 0.2) is 36.4 Å². The van der Waals surface area contributed by atoms with Gasteiger partial charge in [-0.2, -0.15) is 0 Å². The topological polar surface area (TPSA) is 58.2 Å². The quantitative estimate of drug-likeness (QED) is 0.500. The summed E-state index contributed by atoms with van der Waals surface area (Å²) in [6, 6.07) is 7.70. The first-order valence-electron chi connectivity index (χ1n) is 8.27. The lowest BCUT2D eigenvalue weighted by Crippen LogP contribution is -2.40. The molecule has 0 spiro atoms. The highest BCUT2D eigenvalue weighted by Gasteiger charge is 2.16. The Hall–Kier alpha value is -2.47. The molecule has 2 aromatic rings. The molecule has 0 fully saturated rings. The van der Waals surface area contributed by atoms with Crippen LogP contribution in [0.25, 0.3) is 6.08 Å². The van der Waals surface area contributed by atoms with Crippen LogP contribution in [-0.4, -0.2) is 11.8 Å². The standard InChI is InChI=1S/C19H19FN2O2S/c20-15-9-6-13(7-10-15)8-11-18(23)21-22-19(24)17-12-14-4-2-1-3-5-16(14)25-17/h6-12H,1-5H2,(H,21,23)(H,22,24)/b11-8+. The molecule has 2 amide bonds. The molecule has 4 nitrogen and oxygen atoms in total. The zero-order chi connectivity index (χ0) is 17.6. The molecule has 0 aliphatic heterocycles. The molecule has 1 aromatic heterocycles. The zero-order valence-electron chi connectivity index (χ0n) is 13.7. The van der Waals surface area contributed by atoms with E-state index in [1.54, 1.807) is 18.2 Å². The lowest BCUT2D eigenvalue weighted by atomic mass is 10.1. The number of hydrogen-bond donors (Lipinski definition) is 2. The zero-order valence-corrected chi connectivity index (χ0v) is 14.5. The summed E-state index contributed by atoms with van der Waals surface area (Å²) in [4.78, 5) is 25.9. The van der Waals surface area contributed by atoms with Crippen molar-refractivity contribution >= 4 is 29.2 Å². The number of hydrazine groups is 1. The van der Waals surface area contributed by atoms with Crippen molar-refractivity contribution in [1.82, 2.24) is 10.9 Å². The molecule has 0 unspecified atom stereocenters. The van der Waals surface area contributed by atoms with Gasteiger partial charge in [0.2, 0.25) is 0 Å². The maximum Gasteiger partial charge on any atom is 0.279 e. The van der Waals surface area contributed by atoms with Crippen molar-refractivity contribution in [2.75, 3.05) is 0 Å². The van der Waals surface area contributed by atoms with E-state index in [0.29, 0.717) is 10.4 Å². The first-order chi connectivity index (χ1) is 12.1. The first-order valence-corrected chi connectivity index (χ1v) is 9.09. The molecule has 6 heteroatoms. The van der Waals surface area contributed by atoms with E-state index in [0.717, 1.165) is 19.3 Å². The molecule has 1 heterocycles. The number of nitrogens with one attached hydrogen (secondary N) is 2. The maximum atomic E-state index is 12.8. The smallest absolute Gasteiger partial charge is 0.268 e. The number of aryl methyl sites for hydroxylation is 2. The molecule has 3 rings (SSSR count). The Bertz CT molecular complexity index is 773. The summed E-state index contributed by atoms with van der Waals surface area (Å²) in [6.07, 6.45) is 8.45. The summed E-state index contributed by atoms with van der Waals surface area (Å²) in [6.45, 7) is 0. The van der Waals surface area contributed by atoms with Gasteiger partial charge in [0.1, 0.15) is 5.82 Å². The lowest BCUT2D eigenvalue weighted by molar-refractivity contribution is -0.117. The van der Waals surface area contributed by atoms with Crippen LogP contribution in [0.2, 0.25) is 0 Å². The van der Waals surface area contributed by atoms with E-state index < -0.39 is 5.91 Å². The molecule has 1 aliphatic rings. The molecule has 130 valence electrons. The van der Waals surface area contributed by atoms with Crippen molar-refractivity contribution in [2.24, 2.45) is 0 Å². The fourth-order valence-electron chi connectivity index (χ4n) is 2.75. The Morgan fingerprint density at radius 3 is 2.60 bits per heavy atom. The second-order valence-corrected chi connectivity index (χ2v) is 7.08. The number of fused-ring (bicyclic) bond motifs is 1. The van der Waals surface area contributed by atoms with Gasteiger partial charge in [-0.25, -0.2) is 4.39 Å². The van der Waals surface area contributed by atoms with E-state index in [9.17, 15) is 14.0 Å². The highest BCUT2D eigenvalue weighted by molar-refractivity contribution is 7.14. The third-order valence-corrected chi connectivity index (χ3v) is 5.30. The van der Waals surface area contributed by atoms with E-state index in [4.69, 9.17) is 0 Å². The predicted octanol–water partition coefficient (Wildman–Crippen LogP) is 3.63. The van der Waals surface area contributed by atoms with Crippen molar-refractivity contribution in [3.05, 3.63) is 63.1 Å². The number of amides is 2. The van der Waals surface area contributed by atoms with Gasteiger partial charge in [-0.05, 0) is 61.1 Å². The van der Waals surface area contributed by atoms with Crippen LogP contribution >= 0.6 is 11.3 Å². The molecule has 2 N–H and O–H groups in total. The molecule has 0 saturated heterocycles. The Morgan fingerprint density at radius 2 is 1.80 bits per heavy atom. The predicted molar refractivity (Wildman–Crippen MR) is 96.6 cm³/mol. The van der Waals surface area contributed by atoms with Crippen molar-refractivity contribution in [3.8, 4) is 0 Å². The van der Waals surface area contributed by atoms with Crippen molar-refractivity contribution in [2.45, 2.75) is 32.1 Å². The number of hydrogen-bond acceptors (Lipinski definition) is 3. The van der Waals surface area contributed by atoms with Crippen molar-refractivity contribution < 1.29 is 14.0 Å². The molecule has 25 heavy (non-hydrogen) atoms. The highest BCUT2D eigenvalue weighted by Crippen LogP contribution is 2.28. The second-order valence-electron chi connectivity index (χ2n) is 5.95. The van der Waals surface area contributed by atoms with Crippen LogP contribution in [0.3, 0.4) is 0 Å². The fourth-order valence-corrected chi connectivity index (χ4v) is 3.90. The number of thiophene rings is 1. The molecule has 1 aromatic carbocycles. The summed E-state index contributed by atoms with van der Waals surface area (Å²) in [5.41, 5.74) is 6.75. The van der Waals surface area contributed by atoms with E-state index in [2.05, 4.69) is 10.9 Å². The fraction of sp³-hybridized carbons (Fsp3) is 0.263. The lowest BCUT2D eigenvalue weighted by Gasteiger charge is -2.03. The van der Waals surface area contributed by atoms with Crippen LogP contribution in [0, 0.1) is 5.82 Å². The molecule has 0 bridgehead atoms. The van der Waals surface area contributed by atoms with E-state index >= 15 is 0 Å². The average Bonchev–Trinajstić information content (AvgIpc) is 2.90. The molecule has 0 saturated carbocycles. The Morgan fingerprint density at radius 1 is 1.04 bits per heavy atom. The summed E-state index contributed by atoms with van der Waals surface area (Å²) < 4.78 is 12.8. The largest absolute Gasteiger partial charge is 0.279 e. The minimum atomic E-state index is -0.448. The Balaban J connectivity index is 1.53. The van der Waals surface area contributed by atoms with Gasteiger partial charge in [0.25, 0.3) is 11.8 Å². The number of benzene rings is 1. The van der Waals surface area contributed by atoms with Gasteiger partial charge in [0.05, 0.1) is 4.88 Å². The van der Waals surface area contributed by atoms with Gasteiger partial charge in [0, 0.05) is 11.0 Å². The molecule has 0 radical (unpaired) electrons.